The summed E-state index contributed by atoms with van der Waals surface area (Å²) in [5.74, 6) is -1.22. The van der Waals surface area contributed by atoms with Crippen molar-refractivity contribution in [1.82, 2.24) is 5.32 Å². The Morgan fingerprint density at radius 1 is 0.585 bits per heavy atom. The third kappa shape index (κ3) is 32.3. The van der Waals surface area contributed by atoms with Crippen LogP contribution in [-0.2, 0) is 23.8 Å². The highest BCUT2D eigenvalue weighted by Gasteiger charge is 2.47. The first-order valence-corrected chi connectivity index (χ1v) is 26.8. The average Bonchev–Trinajstić information content (AvgIpc) is 3.30. The molecule has 0 aliphatic carbocycles. The molecule has 1 fully saturated rings. The summed E-state index contributed by atoms with van der Waals surface area (Å²) in [6.45, 7) is 5.69. The summed E-state index contributed by atoms with van der Waals surface area (Å²) in [6.07, 6.45) is 37.7. The van der Waals surface area contributed by atoms with Crippen molar-refractivity contribution < 1.29 is 49.3 Å². The lowest BCUT2D eigenvalue weighted by Gasteiger charge is -2.41. The fourth-order valence-corrected chi connectivity index (χ4v) is 8.15. The number of hydrogen-bond donors (Lipinski definition) is 6. The van der Waals surface area contributed by atoms with E-state index in [1.54, 1.807) is 6.08 Å². The van der Waals surface area contributed by atoms with Crippen LogP contribution in [0.3, 0.4) is 0 Å². The Morgan fingerprint density at radius 2 is 1.03 bits per heavy atom. The van der Waals surface area contributed by atoms with Crippen LogP contribution in [0, 0.1) is 0 Å². The SMILES string of the molecule is CCCC/C=C\CCCCCCC(O)C(=O)NC(COC1OC(CO)C(O)C(O)C1OC(=O)CCCCC/C=C\CCCCCCCC)C(O)/C=C/CCCCCCCCCCCCC. The zero-order valence-electron chi connectivity index (χ0n) is 41.6. The summed E-state index contributed by atoms with van der Waals surface area (Å²) >= 11 is 0. The molecule has 11 heteroatoms. The summed E-state index contributed by atoms with van der Waals surface area (Å²) in [5, 5.41) is 56.5. The second-order valence-corrected chi connectivity index (χ2v) is 18.6. The largest absolute Gasteiger partial charge is 0.454 e. The van der Waals surface area contributed by atoms with E-state index in [2.05, 4.69) is 50.4 Å². The Hall–Kier alpha value is -2.12. The minimum absolute atomic E-state index is 0.103. The fourth-order valence-electron chi connectivity index (χ4n) is 8.15. The summed E-state index contributed by atoms with van der Waals surface area (Å²) < 4.78 is 17.5. The van der Waals surface area contributed by atoms with Crippen LogP contribution in [0.15, 0.2) is 36.5 Å². The molecule has 1 heterocycles. The topological polar surface area (TPSA) is 175 Å². The van der Waals surface area contributed by atoms with Gasteiger partial charge in [0.2, 0.25) is 5.91 Å². The van der Waals surface area contributed by atoms with E-state index < -0.39 is 67.4 Å². The van der Waals surface area contributed by atoms with Crippen LogP contribution < -0.4 is 5.32 Å². The van der Waals surface area contributed by atoms with Gasteiger partial charge in [-0.2, -0.15) is 0 Å². The molecule has 65 heavy (non-hydrogen) atoms. The van der Waals surface area contributed by atoms with Crippen molar-refractivity contribution in [1.29, 1.82) is 0 Å². The molecule has 1 aliphatic rings. The van der Waals surface area contributed by atoms with Crippen LogP contribution in [0.25, 0.3) is 0 Å². The molecule has 1 rings (SSSR count). The van der Waals surface area contributed by atoms with Gasteiger partial charge in [-0.25, -0.2) is 0 Å². The van der Waals surface area contributed by atoms with Crippen molar-refractivity contribution >= 4 is 11.9 Å². The Morgan fingerprint density at radius 3 is 1.54 bits per heavy atom. The maximum atomic E-state index is 13.3. The molecule has 8 unspecified atom stereocenters. The Kier molecular flexibility index (Phi) is 40.5. The highest BCUT2D eigenvalue weighted by atomic mass is 16.7. The lowest BCUT2D eigenvalue weighted by Crippen LogP contribution is -2.61. The molecule has 1 amide bonds. The Labute approximate surface area is 396 Å². The molecule has 0 bridgehead atoms. The number of nitrogens with one attached hydrogen (secondary N) is 1. The Balaban J connectivity index is 2.79. The number of hydrogen-bond acceptors (Lipinski definition) is 10. The van der Waals surface area contributed by atoms with Crippen molar-refractivity contribution in [3.8, 4) is 0 Å². The summed E-state index contributed by atoms with van der Waals surface area (Å²) in [5.41, 5.74) is 0. The number of rotatable bonds is 44. The molecule has 0 aromatic rings. The first kappa shape index (κ1) is 60.9. The number of carbonyl (C=O) groups excluding carboxylic acids is 2. The lowest BCUT2D eigenvalue weighted by atomic mass is 9.99. The normalized spacial score (nSPS) is 20.5. The van der Waals surface area contributed by atoms with Crippen molar-refractivity contribution in [3.05, 3.63) is 36.5 Å². The number of aliphatic hydroxyl groups excluding tert-OH is 5. The van der Waals surface area contributed by atoms with Crippen LogP contribution in [0.5, 0.6) is 0 Å². The van der Waals surface area contributed by atoms with Gasteiger partial charge in [0, 0.05) is 6.42 Å². The summed E-state index contributed by atoms with van der Waals surface area (Å²) in [4.78, 5) is 26.3. The number of carbonyl (C=O) groups is 2. The summed E-state index contributed by atoms with van der Waals surface area (Å²) in [7, 11) is 0. The second-order valence-electron chi connectivity index (χ2n) is 18.6. The van der Waals surface area contributed by atoms with Gasteiger partial charge < -0.3 is 45.1 Å². The minimum Gasteiger partial charge on any atom is -0.454 e. The molecule has 0 radical (unpaired) electrons. The maximum Gasteiger partial charge on any atom is 0.306 e. The van der Waals surface area contributed by atoms with E-state index in [0.717, 1.165) is 77.0 Å². The maximum absolute atomic E-state index is 13.3. The molecule has 1 saturated heterocycles. The van der Waals surface area contributed by atoms with E-state index in [1.807, 2.05) is 6.08 Å². The molecular formula is C54H99NO10. The van der Waals surface area contributed by atoms with E-state index in [9.17, 15) is 35.1 Å². The summed E-state index contributed by atoms with van der Waals surface area (Å²) in [6, 6.07) is -1.03. The number of amides is 1. The van der Waals surface area contributed by atoms with Crippen LogP contribution in [0.2, 0.25) is 0 Å². The molecule has 0 aromatic heterocycles. The van der Waals surface area contributed by atoms with Crippen molar-refractivity contribution in [2.45, 2.75) is 282 Å². The third-order valence-electron chi connectivity index (χ3n) is 12.5. The molecular weight excluding hydrogens is 823 g/mol. The van der Waals surface area contributed by atoms with Crippen molar-refractivity contribution in [3.63, 3.8) is 0 Å². The third-order valence-corrected chi connectivity index (χ3v) is 12.5. The van der Waals surface area contributed by atoms with Crippen LogP contribution in [0.1, 0.15) is 233 Å². The molecule has 0 aromatic carbocycles. The number of aliphatic hydroxyl groups is 5. The highest BCUT2D eigenvalue weighted by Crippen LogP contribution is 2.26. The van der Waals surface area contributed by atoms with E-state index in [4.69, 9.17) is 14.2 Å². The van der Waals surface area contributed by atoms with Gasteiger partial charge in [-0.3, -0.25) is 9.59 Å². The molecule has 11 nitrogen and oxygen atoms in total. The second kappa shape index (κ2) is 43.2. The van der Waals surface area contributed by atoms with Gasteiger partial charge in [-0.05, 0) is 70.6 Å². The van der Waals surface area contributed by atoms with Gasteiger partial charge in [-0.1, -0.05) is 192 Å². The lowest BCUT2D eigenvalue weighted by molar-refractivity contribution is -0.305. The van der Waals surface area contributed by atoms with E-state index >= 15 is 0 Å². The molecule has 0 saturated carbocycles. The number of ether oxygens (including phenoxy) is 3. The highest BCUT2D eigenvalue weighted by molar-refractivity contribution is 5.80. The van der Waals surface area contributed by atoms with Gasteiger partial charge in [-0.15, -0.1) is 0 Å². The van der Waals surface area contributed by atoms with Gasteiger partial charge in [0.15, 0.2) is 12.4 Å². The van der Waals surface area contributed by atoms with E-state index in [0.29, 0.717) is 12.8 Å². The molecule has 0 spiro atoms. The van der Waals surface area contributed by atoms with Crippen LogP contribution >= 0.6 is 0 Å². The smallest absolute Gasteiger partial charge is 0.306 e. The molecule has 380 valence electrons. The van der Waals surface area contributed by atoms with Gasteiger partial charge >= 0.3 is 5.97 Å². The van der Waals surface area contributed by atoms with Crippen LogP contribution in [0.4, 0.5) is 0 Å². The molecule has 6 N–H and O–H groups in total. The number of unbranched alkanes of at least 4 members (excludes halogenated alkanes) is 26. The number of esters is 1. The van der Waals surface area contributed by atoms with E-state index in [-0.39, 0.29) is 19.4 Å². The number of allylic oxidation sites excluding steroid dienone is 5. The fraction of sp³-hybridized carbons (Fsp3) is 0.852. The van der Waals surface area contributed by atoms with Gasteiger partial charge in [0.05, 0.1) is 25.4 Å². The Bertz CT molecular complexity index is 1200. The van der Waals surface area contributed by atoms with Crippen molar-refractivity contribution in [2.75, 3.05) is 13.2 Å². The predicted octanol–water partition coefficient (Wildman–Crippen LogP) is 11.2. The van der Waals surface area contributed by atoms with Gasteiger partial charge in [0.1, 0.15) is 24.4 Å². The van der Waals surface area contributed by atoms with Gasteiger partial charge in [0.25, 0.3) is 0 Å². The first-order chi connectivity index (χ1) is 31.7. The molecule has 1 aliphatic heterocycles. The van der Waals surface area contributed by atoms with E-state index in [1.165, 1.54) is 109 Å². The first-order valence-electron chi connectivity index (χ1n) is 26.8. The standard InChI is InChI=1S/C54H99NO10/c1-4-7-10-13-16-19-22-24-26-29-31-34-37-40-46(57)45(55-53(62)47(58)41-38-35-32-28-21-18-15-12-9-6-3)44-63-54-52(51(61)50(60)48(43-56)64-54)65-49(59)42-39-36-33-30-27-25-23-20-17-14-11-8-5-2/h15,18,25,27,37,40,45-48,50-52,54,56-58,60-61H,4-14,16-17,19-24,26,28-36,38-39,41-44H2,1-3H3,(H,55,62)/b18-15-,27-25-,40-37+. The van der Waals surface area contributed by atoms with Crippen molar-refractivity contribution in [2.24, 2.45) is 0 Å². The quantitative estimate of drug-likeness (QED) is 0.0196. The monoisotopic (exact) mass is 922 g/mol. The zero-order chi connectivity index (χ0) is 47.6. The van der Waals surface area contributed by atoms with Crippen LogP contribution in [-0.4, -0.2) is 99.6 Å². The zero-order valence-corrected chi connectivity index (χ0v) is 41.6. The predicted molar refractivity (Wildman–Crippen MR) is 264 cm³/mol. The molecule has 8 atom stereocenters. The minimum atomic E-state index is -1.62. The average molecular weight is 922 g/mol.